The zero-order valence-corrected chi connectivity index (χ0v) is 14.5. The van der Waals surface area contributed by atoms with Gasteiger partial charge < -0.3 is 14.0 Å². The van der Waals surface area contributed by atoms with Crippen LogP contribution in [0, 0.1) is 0 Å². The third kappa shape index (κ3) is 2.45. The average Bonchev–Trinajstić information content (AvgIpc) is 2.85. The number of hydrogen-bond donors (Lipinski definition) is 0. The van der Waals surface area contributed by atoms with E-state index in [0.717, 1.165) is 20.3 Å². The number of sulfone groups is 1. The lowest BCUT2D eigenvalue weighted by atomic mass is 10.1. The lowest BCUT2D eigenvalue weighted by molar-refractivity contribution is -0.135. The highest BCUT2D eigenvalue weighted by Crippen LogP contribution is 2.35. The summed E-state index contributed by atoms with van der Waals surface area (Å²) >= 11 is 0. The van der Waals surface area contributed by atoms with E-state index in [2.05, 4.69) is 9.47 Å². The molecule has 0 saturated heterocycles. The van der Waals surface area contributed by atoms with E-state index < -0.39 is 37.6 Å². The molecule has 8 heteroatoms. The minimum atomic E-state index is -4.60. The van der Waals surface area contributed by atoms with Gasteiger partial charge in [-0.25, -0.2) is 18.0 Å². The first-order chi connectivity index (χ1) is 12.3. The Labute approximate surface area is 145 Å². The van der Waals surface area contributed by atoms with Crippen LogP contribution < -0.4 is 0 Å². The highest BCUT2D eigenvalue weighted by Gasteiger charge is 2.37. The van der Waals surface area contributed by atoms with Crippen molar-refractivity contribution in [2.75, 3.05) is 14.2 Å². The van der Waals surface area contributed by atoms with Crippen molar-refractivity contribution < 1.29 is 28.9 Å². The molecule has 130 valence electrons. The number of carbonyl (C=O) groups excluding carboxylic acids is 2. The van der Waals surface area contributed by atoms with E-state index >= 15 is 0 Å². The molecule has 25 heavy (non-hydrogen) atoms. The fourth-order valence-electron chi connectivity index (χ4n) is 2.74. The van der Waals surface area contributed by atoms with Crippen LogP contribution in [0.25, 0.3) is 23.0 Å². The predicted octanol–water partition coefficient (Wildman–Crippen LogP) is 1.63. The first-order valence-electron chi connectivity index (χ1n) is 7.67. The second-order valence-electron chi connectivity index (χ2n) is 5.29. The number of aromatic nitrogens is 1. The van der Waals surface area contributed by atoms with E-state index in [-0.39, 0.29) is 5.69 Å². The molecule has 0 radical (unpaired) electrons. The van der Waals surface area contributed by atoms with Crippen molar-refractivity contribution in [3.05, 3.63) is 45.3 Å². The van der Waals surface area contributed by atoms with E-state index in [1.165, 1.54) is 0 Å². The smallest absolute Gasteiger partial charge is 0.349 e. The summed E-state index contributed by atoms with van der Waals surface area (Å²) < 4.78 is 44.9. The zero-order valence-electron chi connectivity index (χ0n) is 14.7. The van der Waals surface area contributed by atoms with Crippen LogP contribution >= 0.6 is 0 Å². The molecule has 0 amide bonds. The van der Waals surface area contributed by atoms with Gasteiger partial charge in [-0.1, -0.05) is 18.2 Å². The van der Waals surface area contributed by atoms with Crippen molar-refractivity contribution in [1.29, 1.82) is 0 Å². The van der Waals surface area contributed by atoms with E-state index in [1.807, 2.05) is 0 Å². The molecule has 0 unspecified atom stereocenters. The fourth-order valence-corrected chi connectivity index (χ4v) is 4.07. The maximum atomic E-state index is 12.9. The van der Waals surface area contributed by atoms with Crippen molar-refractivity contribution in [2.45, 2.75) is 0 Å². The summed E-state index contributed by atoms with van der Waals surface area (Å²) in [4.78, 5) is 22.7. The number of ether oxygens (including phenoxy) is 2. The van der Waals surface area contributed by atoms with E-state index in [1.54, 1.807) is 35.9 Å². The standard InChI is InChI=1S/C17H15NO6S/c1-18-12-7-5-4-6-10(12)11-8-14(16(19)23-2)25(21,22)15(9-13(11)18)17(20)24-3/h4-9H,1-3H3/i9D. The summed E-state index contributed by atoms with van der Waals surface area (Å²) in [5.41, 5.74) is 1.25. The van der Waals surface area contributed by atoms with Crippen LogP contribution in [-0.2, 0) is 35.9 Å². The summed E-state index contributed by atoms with van der Waals surface area (Å²) in [6.07, 6.45) is 1.14. The minimum absolute atomic E-state index is 0.189. The maximum absolute atomic E-state index is 12.9. The van der Waals surface area contributed by atoms with Gasteiger partial charge in [0, 0.05) is 23.5 Å². The van der Waals surface area contributed by atoms with Crippen molar-refractivity contribution in [1.82, 2.24) is 4.57 Å². The largest absolute Gasteiger partial charge is 0.465 e. The van der Waals surface area contributed by atoms with Gasteiger partial charge in [0.2, 0.25) is 9.84 Å². The summed E-state index contributed by atoms with van der Waals surface area (Å²) in [5, 5.41) is 0.637. The Morgan fingerprint density at radius 2 is 1.68 bits per heavy atom. The number of aryl methyl sites for hydroxylation is 1. The number of methoxy groups -OCH3 is 2. The Morgan fingerprint density at radius 1 is 1.08 bits per heavy atom. The summed E-state index contributed by atoms with van der Waals surface area (Å²) in [6.45, 7) is 0. The molecule has 0 atom stereocenters. The van der Waals surface area contributed by atoms with Crippen LogP contribution in [0.3, 0.4) is 0 Å². The molecule has 1 aromatic carbocycles. The molecule has 0 saturated carbocycles. The number of carbonyl (C=O) groups is 2. The summed E-state index contributed by atoms with van der Waals surface area (Å²) in [6, 6.07) is 6.53. The van der Waals surface area contributed by atoms with Gasteiger partial charge in [-0.15, -0.1) is 0 Å². The SMILES string of the molecule is [2H]C1=C(C(=O)OC)S(=O)(=O)C(C(=O)OC)=Cc2c1n(C)c1ccccc21. The first kappa shape index (κ1) is 15.6. The van der Waals surface area contributed by atoms with Crippen molar-refractivity contribution in [3.8, 4) is 0 Å². The summed E-state index contributed by atoms with van der Waals surface area (Å²) in [5.74, 6) is -2.34. The molecule has 3 rings (SSSR count). The number of hydrogen-bond acceptors (Lipinski definition) is 6. The van der Waals surface area contributed by atoms with Crippen molar-refractivity contribution in [2.24, 2.45) is 7.05 Å². The van der Waals surface area contributed by atoms with Gasteiger partial charge in [-0.05, 0) is 18.2 Å². The Morgan fingerprint density at radius 3 is 2.32 bits per heavy atom. The molecule has 1 aromatic heterocycles. The Balaban J connectivity index is 2.56. The lowest BCUT2D eigenvalue weighted by Gasteiger charge is -2.08. The monoisotopic (exact) mass is 362 g/mol. The highest BCUT2D eigenvalue weighted by molar-refractivity contribution is 8.01. The average molecular weight is 362 g/mol. The van der Waals surface area contributed by atoms with Gasteiger partial charge in [0.05, 0.1) is 21.3 Å². The van der Waals surface area contributed by atoms with Gasteiger partial charge in [0.25, 0.3) is 0 Å². The number of fused-ring (bicyclic) bond motifs is 3. The second kappa shape index (κ2) is 5.89. The van der Waals surface area contributed by atoms with Crippen molar-refractivity contribution >= 4 is 44.8 Å². The van der Waals surface area contributed by atoms with Crippen LogP contribution in [0.15, 0.2) is 34.1 Å². The number of para-hydroxylation sites is 1. The van der Waals surface area contributed by atoms with Crippen LogP contribution in [0.4, 0.5) is 0 Å². The third-order valence-corrected chi connectivity index (χ3v) is 5.64. The molecule has 0 spiro atoms. The normalized spacial score (nSPS) is 16.6. The minimum Gasteiger partial charge on any atom is -0.465 e. The number of esters is 2. The topological polar surface area (TPSA) is 91.7 Å². The third-order valence-electron chi connectivity index (χ3n) is 3.97. The molecule has 0 aliphatic carbocycles. The Kier molecular flexibility index (Phi) is 3.69. The molecule has 1 aliphatic rings. The summed E-state index contributed by atoms with van der Waals surface area (Å²) in [7, 11) is -0.912. The molecule has 1 aliphatic heterocycles. The molecule has 2 aromatic rings. The van der Waals surface area contributed by atoms with E-state index in [4.69, 9.17) is 1.37 Å². The number of rotatable bonds is 2. The molecule has 0 bridgehead atoms. The van der Waals surface area contributed by atoms with Crippen LogP contribution in [0.1, 0.15) is 12.6 Å². The lowest BCUT2D eigenvalue weighted by Crippen LogP contribution is -2.21. The van der Waals surface area contributed by atoms with Gasteiger partial charge in [-0.3, -0.25) is 0 Å². The second-order valence-corrected chi connectivity index (χ2v) is 7.14. The Hall–Kier alpha value is -2.87. The zero-order chi connectivity index (χ0) is 19.2. The van der Waals surface area contributed by atoms with Crippen LogP contribution in [0.2, 0.25) is 0 Å². The predicted molar refractivity (Wildman–Crippen MR) is 91.8 cm³/mol. The van der Waals surface area contributed by atoms with Crippen LogP contribution in [-0.4, -0.2) is 39.1 Å². The number of benzene rings is 1. The van der Waals surface area contributed by atoms with Gasteiger partial charge in [0.1, 0.15) is 0 Å². The molecular weight excluding hydrogens is 346 g/mol. The number of nitrogens with zero attached hydrogens (tertiary/aromatic N) is 1. The van der Waals surface area contributed by atoms with Gasteiger partial charge in [-0.2, -0.15) is 0 Å². The first-order valence-corrected chi connectivity index (χ1v) is 8.66. The molecule has 0 N–H and O–H groups in total. The Bertz CT molecular complexity index is 1120. The van der Waals surface area contributed by atoms with E-state index in [9.17, 15) is 18.0 Å². The fraction of sp³-hybridized carbons (Fsp3) is 0.176. The molecular formula is C17H15NO6S. The van der Waals surface area contributed by atoms with Gasteiger partial charge in [0.15, 0.2) is 9.81 Å². The molecule has 7 nitrogen and oxygen atoms in total. The van der Waals surface area contributed by atoms with E-state index in [0.29, 0.717) is 16.5 Å². The molecule has 0 fully saturated rings. The quantitative estimate of drug-likeness (QED) is 0.754. The highest BCUT2D eigenvalue weighted by atomic mass is 32.2. The van der Waals surface area contributed by atoms with Crippen LogP contribution in [0.5, 0.6) is 0 Å². The van der Waals surface area contributed by atoms with Gasteiger partial charge >= 0.3 is 11.9 Å². The van der Waals surface area contributed by atoms with Crippen molar-refractivity contribution in [3.63, 3.8) is 0 Å². The molecule has 2 heterocycles. The maximum Gasteiger partial charge on any atom is 0.349 e.